The second kappa shape index (κ2) is 5.58. The Kier molecular flexibility index (Phi) is 5.56. The van der Waals surface area contributed by atoms with E-state index < -0.39 is 8.07 Å². The van der Waals surface area contributed by atoms with Crippen molar-refractivity contribution in [2.75, 3.05) is 0 Å². The van der Waals surface area contributed by atoms with Gasteiger partial charge in [0.2, 0.25) is 0 Å². The summed E-state index contributed by atoms with van der Waals surface area (Å²) in [6, 6.07) is 0. The standard InChI is InChI=1S/C11H24Si/c1-6-8-10-11(9-7-2)12(3,4)5/h10H,6-9H2,1-5H3/b11-10+. The van der Waals surface area contributed by atoms with E-state index in [0.717, 1.165) is 0 Å². The topological polar surface area (TPSA) is 0 Å². The Balaban J connectivity index is 4.22. The maximum absolute atomic E-state index is 2.50. The zero-order chi connectivity index (χ0) is 9.61. The van der Waals surface area contributed by atoms with E-state index >= 15 is 0 Å². The zero-order valence-corrected chi connectivity index (χ0v) is 10.4. The molecule has 0 aromatic heterocycles. The first kappa shape index (κ1) is 12.0. The minimum atomic E-state index is -0.984. The Morgan fingerprint density at radius 1 is 1.08 bits per heavy atom. The maximum Gasteiger partial charge on any atom is 0.0720 e. The first-order valence-corrected chi connectivity index (χ1v) is 8.71. The maximum atomic E-state index is 2.50. The molecule has 0 aromatic carbocycles. The van der Waals surface area contributed by atoms with E-state index in [1.54, 1.807) is 5.20 Å². The van der Waals surface area contributed by atoms with Gasteiger partial charge >= 0.3 is 0 Å². The third-order valence-corrected chi connectivity index (χ3v) is 4.54. The second-order valence-electron chi connectivity index (χ2n) is 4.52. The van der Waals surface area contributed by atoms with Crippen LogP contribution in [-0.2, 0) is 0 Å². The second-order valence-corrected chi connectivity index (χ2v) is 9.66. The average Bonchev–Trinajstić information content (AvgIpc) is 1.95. The van der Waals surface area contributed by atoms with E-state index in [4.69, 9.17) is 0 Å². The van der Waals surface area contributed by atoms with Gasteiger partial charge in [0, 0.05) is 0 Å². The molecule has 0 saturated carbocycles. The smallest absolute Gasteiger partial charge is 0.0720 e. The summed E-state index contributed by atoms with van der Waals surface area (Å²) in [6.07, 6.45) is 7.70. The molecule has 0 spiro atoms. The van der Waals surface area contributed by atoms with Crippen molar-refractivity contribution in [3.05, 3.63) is 11.3 Å². The molecule has 0 aromatic rings. The molecule has 12 heavy (non-hydrogen) atoms. The molecule has 1 heteroatoms. The molecule has 0 atom stereocenters. The van der Waals surface area contributed by atoms with Gasteiger partial charge in [-0.2, -0.15) is 0 Å². The van der Waals surface area contributed by atoms with Gasteiger partial charge < -0.3 is 0 Å². The van der Waals surface area contributed by atoms with E-state index in [-0.39, 0.29) is 0 Å². The van der Waals surface area contributed by atoms with Crippen molar-refractivity contribution in [2.45, 2.75) is 59.2 Å². The van der Waals surface area contributed by atoms with E-state index in [9.17, 15) is 0 Å². The van der Waals surface area contributed by atoms with Gasteiger partial charge in [0.25, 0.3) is 0 Å². The fourth-order valence-electron chi connectivity index (χ4n) is 1.37. The predicted octanol–water partition coefficient (Wildman–Crippen LogP) is 4.39. The quantitative estimate of drug-likeness (QED) is 0.556. The Morgan fingerprint density at radius 3 is 2.00 bits per heavy atom. The van der Waals surface area contributed by atoms with Crippen molar-refractivity contribution in [3.8, 4) is 0 Å². The molecule has 72 valence electrons. The molecular formula is C11H24Si. The first-order valence-electron chi connectivity index (χ1n) is 5.21. The molecule has 0 radical (unpaired) electrons. The highest BCUT2D eigenvalue weighted by Crippen LogP contribution is 2.20. The molecule has 0 amide bonds. The third-order valence-electron chi connectivity index (χ3n) is 2.16. The van der Waals surface area contributed by atoms with Crippen LogP contribution in [0.4, 0.5) is 0 Å². The Morgan fingerprint density at radius 2 is 1.67 bits per heavy atom. The minimum Gasteiger partial charge on any atom is -0.0892 e. The van der Waals surface area contributed by atoms with Crippen LogP contribution in [0.2, 0.25) is 19.6 Å². The van der Waals surface area contributed by atoms with E-state index in [1.165, 1.54) is 25.7 Å². The number of allylic oxidation sites excluding steroid dienone is 2. The molecule has 0 heterocycles. The molecule has 0 nitrogen and oxygen atoms in total. The van der Waals surface area contributed by atoms with Crippen molar-refractivity contribution in [1.82, 2.24) is 0 Å². The van der Waals surface area contributed by atoms with Gasteiger partial charge in [0.15, 0.2) is 0 Å². The lowest BCUT2D eigenvalue weighted by molar-refractivity contribution is 0.902. The Bertz CT molecular complexity index is 140. The van der Waals surface area contributed by atoms with Gasteiger partial charge in [0.05, 0.1) is 8.07 Å². The lowest BCUT2D eigenvalue weighted by Gasteiger charge is -2.20. The van der Waals surface area contributed by atoms with Crippen molar-refractivity contribution in [2.24, 2.45) is 0 Å². The van der Waals surface area contributed by atoms with Crippen LogP contribution in [0.15, 0.2) is 11.3 Å². The lowest BCUT2D eigenvalue weighted by Crippen LogP contribution is -2.23. The number of unbranched alkanes of at least 4 members (excludes halogenated alkanes) is 1. The van der Waals surface area contributed by atoms with Crippen molar-refractivity contribution in [3.63, 3.8) is 0 Å². The van der Waals surface area contributed by atoms with Gasteiger partial charge in [-0.05, 0) is 12.8 Å². The number of rotatable bonds is 5. The van der Waals surface area contributed by atoms with Crippen molar-refractivity contribution < 1.29 is 0 Å². The highest BCUT2D eigenvalue weighted by atomic mass is 28.3. The normalized spacial score (nSPS) is 13.6. The fraction of sp³-hybridized carbons (Fsp3) is 0.818. The summed E-state index contributed by atoms with van der Waals surface area (Å²) in [7, 11) is -0.984. The summed E-state index contributed by atoms with van der Waals surface area (Å²) < 4.78 is 0. The summed E-state index contributed by atoms with van der Waals surface area (Å²) in [6.45, 7) is 11.9. The van der Waals surface area contributed by atoms with Crippen LogP contribution in [0.3, 0.4) is 0 Å². The molecule has 0 saturated heterocycles. The molecule has 0 rings (SSSR count). The third kappa shape index (κ3) is 4.76. The van der Waals surface area contributed by atoms with Gasteiger partial charge in [-0.15, -0.1) is 0 Å². The van der Waals surface area contributed by atoms with Crippen LogP contribution in [0.1, 0.15) is 39.5 Å². The number of hydrogen-bond acceptors (Lipinski definition) is 0. The average molecular weight is 184 g/mol. The number of hydrogen-bond donors (Lipinski definition) is 0. The molecule has 0 fully saturated rings. The minimum absolute atomic E-state index is 0.984. The summed E-state index contributed by atoms with van der Waals surface area (Å²) in [5, 5.41) is 1.77. The SMILES string of the molecule is CCC/C=C(\CCC)[Si](C)(C)C. The highest BCUT2D eigenvalue weighted by Gasteiger charge is 2.17. The monoisotopic (exact) mass is 184 g/mol. The summed E-state index contributed by atoms with van der Waals surface area (Å²) in [5.41, 5.74) is 0. The Hall–Kier alpha value is -0.0431. The fourth-order valence-corrected chi connectivity index (χ4v) is 3.13. The highest BCUT2D eigenvalue weighted by molar-refractivity contribution is 6.83. The van der Waals surface area contributed by atoms with Gasteiger partial charge in [0.1, 0.15) is 0 Å². The molecule has 0 N–H and O–H groups in total. The largest absolute Gasteiger partial charge is 0.0892 e. The van der Waals surface area contributed by atoms with Crippen molar-refractivity contribution in [1.29, 1.82) is 0 Å². The molecule has 0 aliphatic heterocycles. The molecule has 0 aliphatic carbocycles. The van der Waals surface area contributed by atoms with Crippen LogP contribution in [0.5, 0.6) is 0 Å². The van der Waals surface area contributed by atoms with E-state index in [0.29, 0.717) is 0 Å². The van der Waals surface area contributed by atoms with Crippen LogP contribution in [0, 0.1) is 0 Å². The van der Waals surface area contributed by atoms with E-state index in [1.807, 2.05) is 0 Å². The van der Waals surface area contributed by atoms with Crippen LogP contribution in [-0.4, -0.2) is 8.07 Å². The summed E-state index contributed by atoms with van der Waals surface area (Å²) in [5.74, 6) is 0. The van der Waals surface area contributed by atoms with Crippen LogP contribution >= 0.6 is 0 Å². The van der Waals surface area contributed by atoms with Crippen LogP contribution < -0.4 is 0 Å². The Labute approximate surface area is 79.1 Å². The van der Waals surface area contributed by atoms with Gasteiger partial charge in [-0.25, -0.2) is 0 Å². The molecular weight excluding hydrogens is 160 g/mol. The zero-order valence-electron chi connectivity index (χ0n) is 9.41. The molecule has 0 unspecified atom stereocenters. The lowest BCUT2D eigenvalue weighted by atomic mass is 10.2. The van der Waals surface area contributed by atoms with Crippen LogP contribution in [0.25, 0.3) is 0 Å². The summed E-state index contributed by atoms with van der Waals surface area (Å²) >= 11 is 0. The molecule has 0 bridgehead atoms. The predicted molar refractivity (Wildman–Crippen MR) is 61.2 cm³/mol. The summed E-state index contributed by atoms with van der Waals surface area (Å²) in [4.78, 5) is 0. The first-order chi connectivity index (χ1) is 5.52. The van der Waals surface area contributed by atoms with Crippen molar-refractivity contribution >= 4 is 8.07 Å². The van der Waals surface area contributed by atoms with Gasteiger partial charge in [-0.3, -0.25) is 0 Å². The molecule has 0 aliphatic rings. The van der Waals surface area contributed by atoms with E-state index in [2.05, 4.69) is 39.6 Å². The van der Waals surface area contributed by atoms with Gasteiger partial charge in [-0.1, -0.05) is 57.6 Å².